The molecule has 0 aliphatic carbocycles. The summed E-state index contributed by atoms with van der Waals surface area (Å²) in [4.78, 5) is 11.9. The van der Waals surface area contributed by atoms with Gasteiger partial charge in [-0.3, -0.25) is 0 Å². The minimum Gasteiger partial charge on any atom is -0.473 e. The molecular weight excluding hydrogens is 324 g/mol. The SMILES string of the molecule is Cc1ccc(CCNC(=O)NCOc2ccc(C)cc2C(C)(C)C)cc1. The van der Waals surface area contributed by atoms with Crippen LogP contribution in [0.25, 0.3) is 0 Å². The van der Waals surface area contributed by atoms with E-state index < -0.39 is 0 Å². The van der Waals surface area contributed by atoms with Gasteiger partial charge in [-0.1, -0.05) is 68.3 Å². The van der Waals surface area contributed by atoms with Crippen LogP contribution in [0, 0.1) is 13.8 Å². The fraction of sp³-hybridized carbons (Fsp3) is 0.409. The van der Waals surface area contributed by atoms with Crippen molar-refractivity contribution in [3.05, 3.63) is 64.7 Å². The van der Waals surface area contributed by atoms with Crippen LogP contribution in [0.3, 0.4) is 0 Å². The van der Waals surface area contributed by atoms with E-state index in [0.29, 0.717) is 6.54 Å². The third-order valence-electron chi connectivity index (χ3n) is 4.22. The monoisotopic (exact) mass is 354 g/mol. The summed E-state index contributed by atoms with van der Waals surface area (Å²) in [6, 6.07) is 14.2. The van der Waals surface area contributed by atoms with E-state index in [-0.39, 0.29) is 18.2 Å². The minimum absolute atomic E-state index is 0.0162. The summed E-state index contributed by atoms with van der Waals surface area (Å²) in [6.07, 6.45) is 0.806. The van der Waals surface area contributed by atoms with Crippen LogP contribution in [0.5, 0.6) is 5.75 Å². The lowest BCUT2D eigenvalue weighted by atomic mass is 9.85. The van der Waals surface area contributed by atoms with Gasteiger partial charge in [0, 0.05) is 6.54 Å². The first-order valence-corrected chi connectivity index (χ1v) is 9.07. The van der Waals surface area contributed by atoms with Crippen molar-refractivity contribution in [2.45, 2.75) is 46.5 Å². The molecule has 0 atom stereocenters. The molecule has 26 heavy (non-hydrogen) atoms. The van der Waals surface area contributed by atoms with Gasteiger partial charge >= 0.3 is 6.03 Å². The van der Waals surface area contributed by atoms with E-state index in [2.05, 4.69) is 75.6 Å². The third kappa shape index (κ3) is 6.10. The number of urea groups is 1. The number of hydrogen-bond donors (Lipinski definition) is 2. The van der Waals surface area contributed by atoms with Crippen LogP contribution in [0.4, 0.5) is 4.79 Å². The number of carbonyl (C=O) groups is 1. The number of ether oxygens (including phenoxy) is 1. The highest BCUT2D eigenvalue weighted by molar-refractivity contribution is 5.73. The minimum atomic E-state index is -0.221. The Hall–Kier alpha value is -2.49. The Balaban J connectivity index is 1.77. The average Bonchev–Trinajstić information content (AvgIpc) is 2.57. The topological polar surface area (TPSA) is 50.4 Å². The number of hydrogen-bond acceptors (Lipinski definition) is 2. The predicted molar refractivity (Wildman–Crippen MR) is 107 cm³/mol. The molecule has 2 amide bonds. The highest BCUT2D eigenvalue weighted by Gasteiger charge is 2.19. The lowest BCUT2D eigenvalue weighted by Crippen LogP contribution is -2.38. The molecule has 0 heterocycles. The van der Waals surface area contributed by atoms with Gasteiger partial charge in [0.05, 0.1) is 0 Å². The van der Waals surface area contributed by atoms with Crippen molar-refractivity contribution in [1.29, 1.82) is 0 Å². The van der Waals surface area contributed by atoms with Gasteiger partial charge in [-0.05, 0) is 42.9 Å². The Morgan fingerprint density at radius 2 is 1.62 bits per heavy atom. The van der Waals surface area contributed by atoms with Crippen LogP contribution in [-0.4, -0.2) is 19.3 Å². The van der Waals surface area contributed by atoms with Crippen molar-refractivity contribution in [2.75, 3.05) is 13.3 Å². The van der Waals surface area contributed by atoms with E-state index in [1.54, 1.807) is 0 Å². The number of aryl methyl sites for hydroxylation is 2. The summed E-state index contributed by atoms with van der Waals surface area (Å²) in [5, 5.41) is 5.60. The molecule has 0 fully saturated rings. The van der Waals surface area contributed by atoms with Crippen LogP contribution in [0.2, 0.25) is 0 Å². The Bertz CT molecular complexity index is 731. The van der Waals surface area contributed by atoms with E-state index >= 15 is 0 Å². The quantitative estimate of drug-likeness (QED) is 0.752. The molecule has 0 aromatic heterocycles. The number of carbonyl (C=O) groups excluding carboxylic acids is 1. The smallest absolute Gasteiger partial charge is 0.317 e. The van der Waals surface area contributed by atoms with Crippen LogP contribution in [0.15, 0.2) is 42.5 Å². The fourth-order valence-electron chi connectivity index (χ4n) is 2.67. The maximum atomic E-state index is 11.9. The number of nitrogens with one attached hydrogen (secondary N) is 2. The molecule has 4 heteroatoms. The summed E-state index contributed by atoms with van der Waals surface area (Å²) in [5.41, 5.74) is 4.77. The van der Waals surface area contributed by atoms with Crippen LogP contribution in [0.1, 0.15) is 43.0 Å². The van der Waals surface area contributed by atoms with Gasteiger partial charge in [-0.2, -0.15) is 0 Å². The largest absolute Gasteiger partial charge is 0.473 e. The first-order valence-electron chi connectivity index (χ1n) is 9.07. The van der Waals surface area contributed by atoms with Crippen LogP contribution >= 0.6 is 0 Å². The Labute approximate surface area is 157 Å². The molecule has 0 aliphatic rings. The van der Waals surface area contributed by atoms with Crippen LogP contribution in [-0.2, 0) is 11.8 Å². The van der Waals surface area contributed by atoms with Gasteiger partial charge in [-0.25, -0.2) is 4.79 Å². The number of rotatable bonds is 6. The molecule has 2 aromatic rings. The van der Waals surface area contributed by atoms with Crippen molar-refractivity contribution >= 4 is 6.03 Å². The van der Waals surface area contributed by atoms with Gasteiger partial charge in [0.1, 0.15) is 5.75 Å². The van der Waals surface area contributed by atoms with E-state index in [1.165, 1.54) is 16.7 Å². The third-order valence-corrected chi connectivity index (χ3v) is 4.22. The van der Waals surface area contributed by atoms with E-state index in [9.17, 15) is 4.79 Å². The van der Waals surface area contributed by atoms with E-state index in [4.69, 9.17) is 4.74 Å². The standard InChI is InChI=1S/C22H30N2O2/c1-16-6-9-18(10-7-16)12-13-23-21(25)24-15-26-20-11-8-17(2)14-19(20)22(3,4)5/h6-11,14H,12-13,15H2,1-5H3,(H2,23,24,25). The first-order chi connectivity index (χ1) is 12.3. The second-order valence-corrected chi connectivity index (χ2v) is 7.71. The fourth-order valence-corrected chi connectivity index (χ4v) is 2.67. The molecule has 0 unspecified atom stereocenters. The van der Waals surface area contributed by atoms with E-state index in [0.717, 1.165) is 17.7 Å². The molecule has 0 bridgehead atoms. The highest BCUT2D eigenvalue weighted by atomic mass is 16.5. The maximum Gasteiger partial charge on any atom is 0.317 e. The molecular formula is C22H30N2O2. The Morgan fingerprint density at radius 3 is 2.27 bits per heavy atom. The zero-order valence-corrected chi connectivity index (χ0v) is 16.5. The highest BCUT2D eigenvalue weighted by Crippen LogP contribution is 2.31. The molecule has 140 valence electrons. The number of benzene rings is 2. The molecule has 4 nitrogen and oxygen atoms in total. The molecule has 2 rings (SSSR count). The second kappa shape index (κ2) is 8.75. The van der Waals surface area contributed by atoms with Gasteiger partial charge in [0.25, 0.3) is 0 Å². The summed E-state index contributed by atoms with van der Waals surface area (Å²) >= 11 is 0. The lowest BCUT2D eigenvalue weighted by Gasteiger charge is -2.23. The Morgan fingerprint density at radius 1 is 0.962 bits per heavy atom. The summed E-state index contributed by atoms with van der Waals surface area (Å²) in [7, 11) is 0. The maximum absolute atomic E-state index is 11.9. The summed E-state index contributed by atoms with van der Waals surface area (Å²) < 4.78 is 5.80. The molecule has 0 saturated carbocycles. The Kier molecular flexibility index (Phi) is 6.67. The lowest BCUT2D eigenvalue weighted by molar-refractivity contribution is 0.223. The second-order valence-electron chi connectivity index (χ2n) is 7.71. The van der Waals surface area contributed by atoms with Crippen molar-refractivity contribution in [3.8, 4) is 5.75 Å². The van der Waals surface area contributed by atoms with Gasteiger partial charge in [0.15, 0.2) is 6.73 Å². The van der Waals surface area contributed by atoms with Crippen molar-refractivity contribution in [2.24, 2.45) is 0 Å². The van der Waals surface area contributed by atoms with Crippen molar-refractivity contribution < 1.29 is 9.53 Å². The zero-order chi connectivity index (χ0) is 19.2. The average molecular weight is 354 g/mol. The van der Waals surface area contributed by atoms with Crippen molar-refractivity contribution in [3.63, 3.8) is 0 Å². The molecule has 0 spiro atoms. The molecule has 0 aliphatic heterocycles. The first kappa shape index (κ1) is 19.8. The molecule has 2 N–H and O–H groups in total. The van der Waals surface area contributed by atoms with Crippen molar-refractivity contribution in [1.82, 2.24) is 10.6 Å². The molecule has 0 saturated heterocycles. The summed E-state index contributed by atoms with van der Waals surface area (Å²) in [6.45, 7) is 11.3. The van der Waals surface area contributed by atoms with E-state index in [1.807, 2.05) is 12.1 Å². The van der Waals surface area contributed by atoms with Gasteiger partial charge in [0.2, 0.25) is 0 Å². The summed E-state index contributed by atoms with van der Waals surface area (Å²) in [5.74, 6) is 0.808. The van der Waals surface area contributed by atoms with Crippen LogP contribution < -0.4 is 15.4 Å². The zero-order valence-electron chi connectivity index (χ0n) is 16.5. The molecule has 0 radical (unpaired) electrons. The molecule has 2 aromatic carbocycles. The van der Waals surface area contributed by atoms with Gasteiger partial charge < -0.3 is 15.4 Å². The normalized spacial score (nSPS) is 11.1. The van der Waals surface area contributed by atoms with Gasteiger partial charge in [-0.15, -0.1) is 0 Å². The number of amides is 2. The predicted octanol–water partition coefficient (Wildman–Crippen LogP) is 4.48.